The van der Waals surface area contributed by atoms with Gasteiger partial charge in [-0.15, -0.1) is 0 Å². The number of aromatic nitrogens is 4. The van der Waals surface area contributed by atoms with Gasteiger partial charge < -0.3 is 10.2 Å². The van der Waals surface area contributed by atoms with Crippen LogP contribution in [0, 0.1) is 5.92 Å². The molecule has 0 spiro atoms. The summed E-state index contributed by atoms with van der Waals surface area (Å²) in [5.74, 6) is 1.38. The van der Waals surface area contributed by atoms with Gasteiger partial charge in [0.2, 0.25) is 5.91 Å². The summed E-state index contributed by atoms with van der Waals surface area (Å²) in [6.07, 6.45) is 4.00. The highest BCUT2D eigenvalue weighted by molar-refractivity contribution is 5.86. The lowest BCUT2D eigenvalue weighted by Gasteiger charge is -2.35. The van der Waals surface area contributed by atoms with Crippen LogP contribution in [0.15, 0.2) is 42.9 Å². The van der Waals surface area contributed by atoms with Crippen molar-refractivity contribution in [2.75, 3.05) is 37.6 Å². The van der Waals surface area contributed by atoms with E-state index < -0.39 is 0 Å². The van der Waals surface area contributed by atoms with E-state index in [0.717, 1.165) is 49.6 Å². The molecular weight excluding hydrogens is 390 g/mol. The Hall–Kier alpha value is -3.00. The van der Waals surface area contributed by atoms with Crippen LogP contribution in [0.3, 0.4) is 0 Å². The Morgan fingerprint density at radius 3 is 2.61 bits per heavy atom. The van der Waals surface area contributed by atoms with Gasteiger partial charge in [-0.3, -0.25) is 9.69 Å². The molecule has 1 N–H and O–H groups in total. The predicted octanol–water partition coefficient (Wildman–Crippen LogP) is 2.31. The maximum atomic E-state index is 11.9. The van der Waals surface area contributed by atoms with E-state index in [4.69, 9.17) is 0 Å². The van der Waals surface area contributed by atoms with Gasteiger partial charge in [0, 0.05) is 45.7 Å². The van der Waals surface area contributed by atoms with Crippen molar-refractivity contribution in [2.24, 2.45) is 5.92 Å². The number of benzene rings is 1. The third-order valence-corrected chi connectivity index (χ3v) is 5.57. The Morgan fingerprint density at radius 2 is 1.87 bits per heavy atom. The number of carbonyl (C=O) groups is 1. The first-order chi connectivity index (χ1) is 15.1. The molecule has 0 unspecified atom stereocenters. The van der Waals surface area contributed by atoms with E-state index in [1.165, 1.54) is 5.56 Å². The molecule has 1 saturated heterocycles. The van der Waals surface area contributed by atoms with E-state index in [1.807, 2.05) is 24.7 Å². The molecule has 2 aromatic heterocycles. The lowest BCUT2D eigenvalue weighted by Crippen LogP contribution is -2.46. The summed E-state index contributed by atoms with van der Waals surface area (Å²) in [6, 6.07) is 10.6. The summed E-state index contributed by atoms with van der Waals surface area (Å²) in [5, 5.41) is 8.43. The van der Waals surface area contributed by atoms with E-state index in [9.17, 15) is 4.79 Å². The minimum Gasteiger partial charge on any atom is -0.354 e. The zero-order valence-corrected chi connectivity index (χ0v) is 18.4. The second kappa shape index (κ2) is 9.87. The van der Waals surface area contributed by atoms with Crippen molar-refractivity contribution < 1.29 is 4.79 Å². The van der Waals surface area contributed by atoms with Crippen LogP contribution in [-0.2, 0) is 17.9 Å². The number of nitrogens with one attached hydrogen (secondary N) is 1. The minimum atomic E-state index is 0.0788. The molecule has 0 aliphatic carbocycles. The second-order valence-corrected chi connectivity index (χ2v) is 8.50. The van der Waals surface area contributed by atoms with Crippen molar-refractivity contribution in [3.8, 4) is 0 Å². The fraction of sp³-hybridized carbons (Fsp3) is 0.478. The molecule has 164 valence electrons. The average molecular weight is 422 g/mol. The number of fused-ring (bicyclic) bond motifs is 1. The average Bonchev–Trinajstić information content (AvgIpc) is 3.18. The molecule has 0 saturated carbocycles. The quantitative estimate of drug-likeness (QED) is 0.601. The Bertz CT molecular complexity index is 994. The first kappa shape index (κ1) is 21.2. The Labute approximate surface area is 183 Å². The summed E-state index contributed by atoms with van der Waals surface area (Å²) in [6.45, 7) is 10.0. The van der Waals surface area contributed by atoms with Gasteiger partial charge >= 0.3 is 0 Å². The molecule has 0 atom stereocenters. The topological polar surface area (TPSA) is 79.2 Å². The van der Waals surface area contributed by atoms with Gasteiger partial charge in [0.25, 0.3) is 0 Å². The van der Waals surface area contributed by atoms with Gasteiger partial charge in [-0.1, -0.05) is 44.2 Å². The van der Waals surface area contributed by atoms with Gasteiger partial charge in [-0.05, 0) is 11.5 Å². The number of amides is 1. The van der Waals surface area contributed by atoms with Crippen LogP contribution in [0.2, 0.25) is 0 Å². The molecule has 3 heterocycles. The molecule has 3 aromatic rings. The molecule has 31 heavy (non-hydrogen) atoms. The minimum absolute atomic E-state index is 0.0788. The number of rotatable bonds is 8. The highest BCUT2D eigenvalue weighted by Gasteiger charge is 2.21. The first-order valence-corrected chi connectivity index (χ1v) is 11.0. The zero-order valence-electron chi connectivity index (χ0n) is 18.4. The van der Waals surface area contributed by atoms with Gasteiger partial charge in [-0.25, -0.2) is 14.6 Å². The smallest absolute Gasteiger partial charge is 0.220 e. The maximum Gasteiger partial charge on any atom is 0.220 e. The molecule has 0 radical (unpaired) electrons. The van der Waals surface area contributed by atoms with E-state index in [0.29, 0.717) is 25.4 Å². The van der Waals surface area contributed by atoms with Gasteiger partial charge in [0.15, 0.2) is 5.65 Å². The number of carbonyl (C=O) groups excluding carboxylic acids is 1. The number of piperazine rings is 1. The Balaban J connectivity index is 1.36. The third kappa shape index (κ3) is 5.38. The molecule has 8 heteroatoms. The van der Waals surface area contributed by atoms with Crippen molar-refractivity contribution in [3.05, 3.63) is 48.4 Å². The molecule has 4 rings (SSSR count). The molecule has 8 nitrogen and oxygen atoms in total. The monoisotopic (exact) mass is 421 g/mol. The number of hydrogen-bond donors (Lipinski definition) is 1. The standard InChI is InChI=1S/C23H31N7O/c1-18(2)14-21(31)24-8-9-30-23-20(15-27-30)22(25-17-26-23)29-12-10-28(11-13-29)16-19-6-4-3-5-7-19/h3-7,15,17-18H,8-14,16H2,1-2H3,(H,24,31). The Morgan fingerprint density at radius 1 is 1.10 bits per heavy atom. The Kier molecular flexibility index (Phi) is 6.76. The highest BCUT2D eigenvalue weighted by Crippen LogP contribution is 2.24. The number of nitrogens with zero attached hydrogens (tertiary/aromatic N) is 6. The lowest BCUT2D eigenvalue weighted by atomic mass is 10.1. The van der Waals surface area contributed by atoms with Gasteiger partial charge in [0.05, 0.1) is 18.1 Å². The molecule has 0 bridgehead atoms. The van der Waals surface area contributed by atoms with Crippen LogP contribution in [0.1, 0.15) is 25.8 Å². The summed E-state index contributed by atoms with van der Waals surface area (Å²) >= 11 is 0. The first-order valence-electron chi connectivity index (χ1n) is 11.0. The van der Waals surface area contributed by atoms with Crippen molar-refractivity contribution >= 4 is 22.8 Å². The second-order valence-electron chi connectivity index (χ2n) is 8.50. The van der Waals surface area contributed by atoms with Crippen molar-refractivity contribution in [1.82, 2.24) is 30.0 Å². The lowest BCUT2D eigenvalue weighted by molar-refractivity contribution is -0.121. The van der Waals surface area contributed by atoms with Gasteiger partial charge in [0.1, 0.15) is 12.1 Å². The van der Waals surface area contributed by atoms with Crippen LogP contribution in [0.5, 0.6) is 0 Å². The van der Waals surface area contributed by atoms with Crippen LogP contribution in [0.4, 0.5) is 5.82 Å². The third-order valence-electron chi connectivity index (χ3n) is 5.57. The summed E-state index contributed by atoms with van der Waals surface area (Å²) in [7, 11) is 0. The normalized spacial score (nSPS) is 15.0. The van der Waals surface area contributed by atoms with Crippen LogP contribution in [-0.4, -0.2) is 63.3 Å². The van der Waals surface area contributed by atoms with Crippen molar-refractivity contribution in [3.63, 3.8) is 0 Å². The number of anilines is 1. The largest absolute Gasteiger partial charge is 0.354 e. The molecule has 1 amide bonds. The molecular formula is C23H31N7O. The number of hydrogen-bond acceptors (Lipinski definition) is 6. The van der Waals surface area contributed by atoms with Crippen LogP contribution >= 0.6 is 0 Å². The SMILES string of the molecule is CC(C)CC(=O)NCCn1ncc2c(N3CCN(Cc4ccccc4)CC3)ncnc21. The molecule has 1 fully saturated rings. The van der Waals surface area contributed by atoms with E-state index in [1.54, 1.807) is 6.33 Å². The van der Waals surface area contributed by atoms with Gasteiger partial charge in [-0.2, -0.15) is 5.10 Å². The fourth-order valence-electron chi connectivity index (χ4n) is 4.00. The summed E-state index contributed by atoms with van der Waals surface area (Å²) in [5.41, 5.74) is 2.16. The van der Waals surface area contributed by atoms with Crippen molar-refractivity contribution in [2.45, 2.75) is 33.4 Å². The molecule has 1 aromatic carbocycles. The van der Waals surface area contributed by atoms with E-state index in [-0.39, 0.29) is 5.91 Å². The highest BCUT2D eigenvalue weighted by atomic mass is 16.1. The zero-order chi connectivity index (χ0) is 21.6. The van der Waals surface area contributed by atoms with Crippen LogP contribution < -0.4 is 10.2 Å². The maximum absolute atomic E-state index is 11.9. The summed E-state index contributed by atoms with van der Waals surface area (Å²) < 4.78 is 1.85. The predicted molar refractivity (Wildman–Crippen MR) is 122 cm³/mol. The van der Waals surface area contributed by atoms with Crippen LogP contribution in [0.25, 0.3) is 11.0 Å². The molecule has 1 aliphatic heterocycles. The van der Waals surface area contributed by atoms with Crippen molar-refractivity contribution in [1.29, 1.82) is 0 Å². The fourth-order valence-corrected chi connectivity index (χ4v) is 4.00. The summed E-state index contributed by atoms with van der Waals surface area (Å²) in [4.78, 5) is 25.7. The van der Waals surface area contributed by atoms with E-state index in [2.05, 4.69) is 60.5 Å². The van der Waals surface area contributed by atoms with E-state index >= 15 is 0 Å². The molecule has 1 aliphatic rings.